The monoisotopic (exact) mass is 591 g/mol. The fourth-order valence-corrected chi connectivity index (χ4v) is 4.17. The Balaban J connectivity index is 1.54. The second-order valence-corrected chi connectivity index (χ2v) is 9.41. The molecular formula is C26H24BrCl2N3O4. The molecule has 36 heavy (non-hydrogen) atoms. The summed E-state index contributed by atoms with van der Waals surface area (Å²) in [4.78, 5) is 24.2. The molecule has 0 saturated carbocycles. The second kappa shape index (κ2) is 13.3. The molecule has 0 aliphatic rings. The van der Waals surface area contributed by atoms with Gasteiger partial charge in [0.1, 0.15) is 6.61 Å². The van der Waals surface area contributed by atoms with Gasteiger partial charge in [-0.05, 0) is 64.3 Å². The maximum Gasteiger partial charge on any atom is 0.240 e. The number of amides is 2. The minimum Gasteiger partial charge on any atom is -0.493 e. The number of hydrogen-bond acceptors (Lipinski definition) is 5. The Kier molecular flexibility index (Phi) is 10.2. The molecule has 0 aliphatic carbocycles. The van der Waals surface area contributed by atoms with E-state index in [9.17, 15) is 9.59 Å². The van der Waals surface area contributed by atoms with Crippen molar-refractivity contribution in [2.24, 2.45) is 5.10 Å². The Morgan fingerprint density at radius 1 is 1.06 bits per heavy atom. The quantitative estimate of drug-likeness (QED) is 0.207. The van der Waals surface area contributed by atoms with Gasteiger partial charge in [0.15, 0.2) is 11.5 Å². The number of hydrazone groups is 1. The van der Waals surface area contributed by atoms with Crippen LogP contribution in [0.1, 0.15) is 29.5 Å². The molecule has 0 fully saturated rings. The van der Waals surface area contributed by atoms with Crippen LogP contribution in [0.3, 0.4) is 0 Å². The third-order valence-electron chi connectivity index (χ3n) is 5.04. The summed E-state index contributed by atoms with van der Waals surface area (Å²) in [5, 5.41) is 7.82. The van der Waals surface area contributed by atoms with Crippen LogP contribution in [0, 0.1) is 6.92 Å². The minimum absolute atomic E-state index is 0.00209. The molecule has 2 amide bonds. The highest BCUT2D eigenvalue weighted by Crippen LogP contribution is 2.37. The lowest BCUT2D eigenvalue weighted by Gasteiger charge is -2.14. The first-order valence-corrected chi connectivity index (χ1v) is 12.4. The van der Waals surface area contributed by atoms with Gasteiger partial charge >= 0.3 is 0 Å². The predicted octanol–water partition coefficient (Wildman–Crippen LogP) is 6.52. The number of benzene rings is 3. The van der Waals surface area contributed by atoms with Crippen LogP contribution in [-0.4, -0.2) is 25.1 Å². The molecule has 0 atom stereocenters. The molecule has 0 aliphatic heterocycles. The number of aryl methyl sites for hydroxylation is 1. The molecular weight excluding hydrogens is 569 g/mol. The van der Waals surface area contributed by atoms with E-state index in [1.165, 1.54) is 13.3 Å². The fraction of sp³-hybridized carbons (Fsp3) is 0.192. The van der Waals surface area contributed by atoms with Crippen LogP contribution in [0.5, 0.6) is 11.5 Å². The van der Waals surface area contributed by atoms with Gasteiger partial charge in [-0.1, -0.05) is 47.5 Å². The highest BCUT2D eigenvalue weighted by molar-refractivity contribution is 9.10. The molecule has 3 aromatic carbocycles. The molecule has 7 nitrogen and oxygen atoms in total. The number of rotatable bonds is 10. The van der Waals surface area contributed by atoms with Gasteiger partial charge < -0.3 is 14.8 Å². The first-order chi connectivity index (χ1) is 17.3. The average molecular weight is 593 g/mol. The molecule has 0 saturated heterocycles. The first kappa shape index (κ1) is 27.5. The number of para-hydroxylation sites is 1. The van der Waals surface area contributed by atoms with Crippen molar-refractivity contribution in [3.8, 4) is 11.5 Å². The fourth-order valence-electron chi connectivity index (χ4n) is 3.13. The van der Waals surface area contributed by atoms with E-state index in [1.807, 2.05) is 31.2 Å². The van der Waals surface area contributed by atoms with E-state index < -0.39 is 0 Å². The van der Waals surface area contributed by atoms with E-state index in [-0.39, 0.29) is 31.3 Å². The van der Waals surface area contributed by atoms with Crippen molar-refractivity contribution < 1.29 is 19.1 Å². The van der Waals surface area contributed by atoms with E-state index >= 15 is 0 Å². The molecule has 0 bridgehead atoms. The smallest absolute Gasteiger partial charge is 0.240 e. The number of hydrogen-bond donors (Lipinski definition) is 2. The minimum atomic E-state index is -0.378. The van der Waals surface area contributed by atoms with Crippen molar-refractivity contribution in [1.29, 1.82) is 0 Å². The first-order valence-electron chi connectivity index (χ1n) is 10.9. The summed E-state index contributed by atoms with van der Waals surface area (Å²) in [5.74, 6) is 0.337. The lowest BCUT2D eigenvalue weighted by molar-refractivity contribution is -0.124. The molecule has 0 heterocycles. The molecule has 0 spiro atoms. The highest BCUT2D eigenvalue weighted by Gasteiger charge is 2.13. The Bertz CT molecular complexity index is 1280. The summed E-state index contributed by atoms with van der Waals surface area (Å²) in [6, 6.07) is 16.1. The van der Waals surface area contributed by atoms with Gasteiger partial charge in [-0.15, -0.1) is 0 Å². The van der Waals surface area contributed by atoms with Gasteiger partial charge in [-0.2, -0.15) is 5.10 Å². The highest BCUT2D eigenvalue weighted by atomic mass is 79.9. The molecule has 10 heteroatoms. The van der Waals surface area contributed by atoms with Crippen LogP contribution >= 0.6 is 39.1 Å². The third kappa shape index (κ3) is 7.98. The van der Waals surface area contributed by atoms with Crippen LogP contribution < -0.4 is 20.2 Å². The zero-order valence-corrected chi connectivity index (χ0v) is 22.7. The zero-order chi connectivity index (χ0) is 26.1. The van der Waals surface area contributed by atoms with Crippen LogP contribution in [-0.2, 0) is 16.2 Å². The van der Waals surface area contributed by atoms with E-state index in [1.54, 1.807) is 30.3 Å². The number of nitrogens with one attached hydrogen (secondary N) is 2. The van der Waals surface area contributed by atoms with E-state index in [4.69, 9.17) is 32.7 Å². The summed E-state index contributed by atoms with van der Waals surface area (Å²) in [7, 11) is 1.52. The Labute approximate surface area is 227 Å². The molecule has 188 valence electrons. The zero-order valence-electron chi connectivity index (χ0n) is 19.6. The SMILES string of the molecule is COc1cc(C=NNC(=O)CCC(=O)Nc2ccccc2C)cc(Br)c1OCc1ccc(Cl)cc1Cl. The molecule has 0 radical (unpaired) electrons. The number of ether oxygens (including phenoxy) is 2. The molecule has 0 unspecified atom stereocenters. The Morgan fingerprint density at radius 3 is 2.53 bits per heavy atom. The van der Waals surface area contributed by atoms with Crippen molar-refractivity contribution in [3.05, 3.63) is 85.8 Å². The van der Waals surface area contributed by atoms with Crippen molar-refractivity contribution in [2.45, 2.75) is 26.4 Å². The summed E-state index contributed by atoms with van der Waals surface area (Å²) < 4.78 is 12.0. The summed E-state index contributed by atoms with van der Waals surface area (Å²) in [6.45, 7) is 2.12. The van der Waals surface area contributed by atoms with Gasteiger partial charge in [0.25, 0.3) is 0 Å². The summed E-state index contributed by atoms with van der Waals surface area (Å²) >= 11 is 15.6. The van der Waals surface area contributed by atoms with Gasteiger partial charge in [0.05, 0.1) is 17.8 Å². The largest absolute Gasteiger partial charge is 0.493 e. The average Bonchev–Trinajstić information content (AvgIpc) is 2.84. The number of nitrogens with zero attached hydrogens (tertiary/aromatic N) is 1. The lowest BCUT2D eigenvalue weighted by Crippen LogP contribution is -2.20. The molecule has 3 rings (SSSR count). The van der Waals surface area contributed by atoms with E-state index in [2.05, 4.69) is 31.8 Å². The standard InChI is InChI=1S/C26H24BrCl2N3O4/c1-16-5-3-4-6-22(16)31-24(33)9-10-25(34)32-30-14-17-11-20(27)26(23(12-17)35-2)36-15-18-7-8-19(28)13-21(18)29/h3-8,11-14H,9-10,15H2,1-2H3,(H,31,33)(H,32,34). The topological polar surface area (TPSA) is 89.0 Å². The Hall–Kier alpha value is -3.07. The van der Waals surface area contributed by atoms with Gasteiger partial charge in [-0.25, -0.2) is 5.43 Å². The van der Waals surface area contributed by atoms with Crippen LogP contribution in [0.25, 0.3) is 0 Å². The molecule has 2 N–H and O–H groups in total. The third-order valence-corrected chi connectivity index (χ3v) is 6.22. The predicted molar refractivity (Wildman–Crippen MR) is 146 cm³/mol. The van der Waals surface area contributed by atoms with Gasteiger partial charge in [-0.3, -0.25) is 9.59 Å². The van der Waals surface area contributed by atoms with Crippen molar-refractivity contribution >= 4 is 62.8 Å². The van der Waals surface area contributed by atoms with Crippen LogP contribution in [0.15, 0.2) is 64.2 Å². The number of halogens is 3. The lowest BCUT2D eigenvalue weighted by atomic mass is 10.2. The van der Waals surface area contributed by atoms with E-state index in [0.717, 1.165) is 16.8 Å². The van der Waals surface area contributed by atoms with Crippen LogP contribution in [0.4, 0.5) is 5.69 Å². The van der Waals surface area contributed by atoms with Gasteiger partial charge in [0, 0.05) is 34.1 Å². The summed E-state index contributed by atoms with van der Waals surface area (Å²) in [5.41, 5.74) is 5.54. The number of methoxy groups -OCH3 is 1. The molecule has 0 aromatic heterocycles. The maximum absolute atomic E-state index is 12.1. The normalized spacial score (nSPS) is 10.8. The van der Waals surface area contributed by atoms with Crippen molar-refractivity contribution in [2.75, 3.05) is 12.4 Å². The van der Waals surface area contributed by atoms with E-state index in [0.29, 0.717) is 31.6 Å². The summed E-state index contributed by atoms with van der Waals surface area (Å²) in [6.07, 6.45) is 1.51. The second-order valence-electron chi connectivity index (χ2n) is 7.71. The van der Waals surface area contributed by atoms with Gasteiger partial charge in [0.2, 0.25) is 11.8 Å². The van der Waals surface area contributed by atoms with Crippen molar-refractivity contribution in [1.82, 2.24) is 5.43 Å². The number of carbonyl (C=O) groups is 2. The number of anilines is 1. The van der Waals surface area contributed by atoms with Crippen molar-refractivity contribution in [3.63, 3.8) is 0 Å². The van der Waals surface area contributed by atoms with Crippen LogP contribution in [0.2, 0.25) is 10.0 Å². The number of carbonyl (C=O) groups excluding carboxylic acids is 2. The maximum atomic E-state index is 12.1. The Morgan fingerprint density at radius 2 is 1.81 bits per heavy atom. The molecule has 3 aromatic rings.